The fourth-order valence-corrected chi connectivity index (χ4v) is 2.36. The Labute approximate surface area is 108 Å². The van der Waals surface area contributed by atoms with Crippen LogP contribution >= 0.6 is 0 Å². The van der Waals surface area contributed by atoms with Gasteiger partial charge < -0.3 is 10.4 Å². The Bertz CT molecular complexity index is 429. The lowest BCUT2D eigenvalue weighted by atomic mass is 9.96. The molecule has 1 amide bonds. The minimum Gasteiger partial charge on any atom is -0.388 e. The molecule has 0 aliphatic carbocycles. The van der Waals surface area contributed by atoms with E-state index in [4.69, 9.17) is 0 Å². The van der Waals surface area contributed by atoms with Crippen LogP contribution in [0.5, 0.6) is 0 Å². The summed E-state index contributed by atoms with van der Waals surface area (Å²) in [5.41, 5.74) is 3.01. The van der Waals surface area contributed by atoms with E-state index in [-0.39, 0.29) is 12.0 Å². The van der Waals surface area contributed by atoms with Gasteiger partial charge in [-0.2, -0.15) is 0 Å². The molecule has 1 aromatic rings. The molecule has 1 unspecified atom stereocenters. The van der Waals surface area contributed by atoms with Gasteiger partial charge in [0.25, 0.3) is 0 Å². The van der Waals surface area contributed by atoms with Crippen molar-refractivity contribution in [1.29, 1.82) is 0 Å². The molecule has 0 saturated heterocycles. The molecule has 0 saturated carbocycles. The topological polar surface area (TPSA) is 49.3 Å². The molecule has 98 valence electrons. The zero-order valence-corrected chi connectivity index (χ0v) is 10.9. The van der Waals surface area contributed by atoms with Gasteiger partial charge in [-0.3, -0.25) is 4.79 Å². The van der Waals surface area contributed by atoms with Crippen LogP contribution in [-0.4, -0.2) is 11.0 Å². The first kappa shape index (κ1) is 13.1. The first-order valence-electron chi connectivity index (χ1n) is 6.81. The molecule has 3 nitrogen and oxygen atoms in total. The average Bonchev–Trinajstić information content (AvgIpc) is 2.38. The highest BCUT2D eigenvalue weighted by atomic mass is 16.3. The number of aliphatic hydroxyl groups is 1. The molecule has 1 atom stereocenters. The van der Waals surface area contributed by atoms with Crippen molar-refractivity contribution >= 4 is 11.6 Å². The zero-order valence-electron chi connectivity index (χ0n) is 10.9. The summed E-state index contributed by atoms with van der Waals surface area (Å²) in [5, 5.41) is 13.0. The molecule has 1 aromatic carbocycles. The smallest absolute Gasteiger partial charge is 0.224 e. The van der Waals surface area contributed by atoms with Crippen molar-refractivity contribution in [1.82, 2.24) is 0 Å². The normalized spacial score (nSPS) is 16.0. The van der Waals surface area contributed by atoms with Gasteiger partial charge in [-0.15, -0.1) is 0 Å². The van der Waals surface area contributed by atoms with E-state index >= 15 is 0 Å². The lowest BCUT2D eigenvalue weighted by Crippen LogP contribution is -2.19. The zero-order chi connectivity index (χ0) is 13.0. The number of nitrogens with one attached hydrogen (secondary N) is 1. The van der Waals surface area contributed by atoms with E-state index in [2.05, 4.69) is 12.2 Å². The fourth-order valence-electron chi connectivity index (χ4n) is 2.36. The number of fused-ring (bicyclic) bond motifs is 1. The van der Waals surface area contributed by atoms with Crippen LogP contribution in [0.2, 0.25) is 0 Å². The molecule has 3 heteroatoms. The van der Waals surface area contributed by atoms with E-state index in [1.54, 1.807) is 0 Å². The van der Waals surface area contributed by atoms with Gasteiger partial charge in [0, 0.05) is 12.1 Å². The molecule has 1 aliphatic rings. The van der Waals surface area contributed by atoms with Crippen molar-refractivity contribution in [2.45, 2.75) is 51.6 Å². The molecule has 2 rings (SSSR count). The minimum atomic E-state index is -0.375. The average molecular weight is 247 g/mol. The summed E-state index contributed by atoms with van der Waals surface area (Å²) < 4.78 is 0. The number of carbonyl (C=O) groups excluding carboxylic acids is 1. The summed E-state index contributed by atoms with van der Waals surface area (Å²) in [6, 6.07) is 5.86. The van der Waals surface area contributed by atoms with Gasteiger partial charge in [0.15, 0.2) is 0 Å². The van der Waals surface area contributed by atoms with Crippen LogP contribution < -0.4 is 5.32 Å². The van der Waals surface area contributed by atoms with Crippen LogP contribution in [0.1, 0.15) is 56.3 Å². The Morgan fingerprint density at radius 3 is 2.94 bits per heavy atom. The molecule has 0 aromatic heterocycles. The van der Waals surface area contributed by atoms with Crippen molar-refractivity contribution in [2.24, 2.45) is 0 Å². The second-order valence-corrected chi connectivity index (χ2v) is 4.98. The lowest BCUT2D eigenvalue weighted by Gasteiger charge is -2.19. The summed E-state index contributed by atoms with van der Waals surface area (Å²) in [6.45, 7) is 2.16. The van der Waals surface area contributed by atoms with Crippen LogP contribution in [0.3, 0.4) is 0 Å². The second-order valence-electron chi connectivity index (χ2n) is 4.98. The molecule has 1 aliphatic heterocycles. The monoisotopic (exact) mass is 247 g/mol. The first-order chi connectivity index (χ1) is 8.70. The predicted octanol–water partition coefficient (Wildman–Crippen LogP) is 3.19. The maximum absolute atomic E-state index is 11.3. The molecule has 0 spiro atoms. The van der Waals surface area contributed by atoms with Crippen molar-refractivity contribution in [3.63, 3.8) is 0 Å². The largest absolute Gasteiger partial charge is 0.388 e. The van der Waals surface area contributed by atoms with Gasteiger partial charge >= 0.3 is 0 Å². The highest BCUT2D eigenvalue weighted by Gasteiger charge is 2.16. The van der Waals surface area contributed by atoms with Crippen LogP contribution in [0.15, 0.2) is 18.2 Å². The van der Waals surface area contributed by atoms with Gasteiger partial charge in [0.05, 0.1) is 6.10 Å². The van der Waals surface area contributed by atoms with Gasteiger partial charge in [0.2, 0.25) is 5.91 Å². The Balaban J connectivity index is 2.04. The molecular weight excluding hydrogens is 226 g/mol. The van der Waals surface area contributed by atoms with Gasteiger partial charge in [-0.1, -0.05) is 38.3 Å². The summed E-state index contributed by atoms with van der Waals surface area (Å²) in [7, 11) is 0. The molecular formula is C15H21NO2. The van der Waals surface area contributed by atoms with Crippen molar-refractivity contribution in [3.8, 4) is 0 Å². The number of carbonyl (C=O) groups is 1. The van der Waals surface area contributed by atoms with Crippen molar-refractivity contribution in [2.75, 3.05) is 5.32 Å². The number of aliphatic hydroxyl groups excluding tert-OH is 1. The summed E-state index contributed by atoms with van der Waals surface area (Å²) in [4.78, 5) is 11.3. The van der Waals surface area contributed by atoms with E-state index < -0.39 is 0 Å². The number of aryl methyl sites for hydroxylation is 1. The number of amides is 1. The third-order valence-corrected chi connectivity index (χ3v) is 3.49. The molecule has 0 fully saturated rings. The molecule has 1 heterocycles. The van der Waals surface area contributed by atoms with Crippen molar-refractivity contribution < 1.29 is 9.90 Å². The van der Waals surface area contributed by atoms with E-state index in [0.717, 1.165) is 42.5 Å². The number of unbranched alkanes of at least 4 members (excludes halogenated alkanes) is 2. The van der Waals surface area contributed by atoms with E-state index in [1.165, 1.54) is 6.42 Å². The standard InChI is InChI=1S/C15H21NO2/c1-2-3-4-5-14(17)12-6-8-13-11(10-12)7-9-15(18)16-13/h6,8,10,14,17H,2-5,7,9H2,1H3,(H,16,18). The molecule has 0 radical (unpaired) electrons. The summed E-state index contributed by atoms with van der Waals surface area (Å²) in [5.74, 6) is 0.0822. The SMILES string of the molecule is CCCCCC(O)c1ccc2c(c1)CCC(=O)N2. The maximum atomic E-state index is 11.3. The third-order valence-electron chi connectivity index (χ3n) is 3.49. The van der Waals surface area contributed by atoms with Crippen molar-refractivity contribution in [3.05, 3.63) is 29.3 Å². The van der Waals surface area contributed by atoms with Gasteiger partial charge in [0.1, 0.15) is 0 Å². The Kier molecular flexibility index (Phi) is 4.37. The maximum Gasteiger partial charge on any atom is 0.224 e. The van der Waals surface area contributed by atoms with Gasteiger partial charge in [-0.25, -0.2) is 0 Å². The second kappa shape index (κ2) is 6.01. The number of rotatable bonds is 5. The molecule has 2 N–H and O–H groups in total. The van der Waals surface area contributed by atoms with E-state index in [1.807, 2.05) is 18.2 Å². The highest BCUT2D eigenvalue weighted by molar-refractivity contribution is 5.93. The van der Waals surface area contributed by atoms with Crippen LogP contribution in [0, 0.1) is 0 Å². The Hall–Kier alpha value is -1.35. The third kappa shape index (κ3) is 3.10. The van der Waals surface area contributed by atoms with E-state index in [0.29, 0.717) is 6.42 Å². The van der Waals surface area contributed by atoms with E-state index in [9.17, 15) is 9.90 Å². The van der Waals surface area contributed by atoms with Gasteiger partial charge in [-0.05, 0) is 30.0 Å². The van der Waals surface area contributed by atoms with Crippen LogP contribution in [-0.2, 0) is 11.2 Å². The number of hydrogen-bond donors (Lipinski definition) is 2. The Morgan fingerprint density at radius 2 is 2.17 bits per heavy atom. The summed E-state index contributed by atoms with van der Waals surface area (Å²) >= 11 is 0. The van der Waals surface area contributed by atoms with Crippen LogP contribution in [0.25, 0.3) is 0 Å². The lowest BCUT2D eigenvalue weighted by molar-refractivity contribution is -0.116. The predicted molar refractivity (Wildman–Crippen MR) is 72.5 cm³/mol. The number of hydrogen-bond acceptors (Lipinski definition) is 2. The number of benzene rings is 1. The molecule has 0 bridgehead atoms. The highest BCUT2D eigenvalue weighted by Crippen LogP contribution is 2.28. The fraction of sp³-hybridized carbons (Fsp3) is 0.533. The quantitative estimate of drug-likeness (QED) is 0.785. The number of anilines is 1. The Morgan fingerprint density at radius 1 is 1.33 bits per heavy atom. The molecule has 18 heavy (non-hydrogen) atoms. The minimum absolute atomic E-state index is 0.0822. The summed E-state index contributed by atoms with van der Waals surface area (Å²) in [6.07, 6.45) is 5.16. The first-order valence-corrected chi connectivity index (χ1v) is 6.81. The van der Waals surface area contributed by atoms with Crippen LogP contribution in [0.4, 0.5) is 5.69 Å².